The van der Waals surface area contributed by atoms with E-state index in [0.717, 1.165) is 12.1 Å². The largest absolute Gasteiger partial charge is 0.465 e. The van der Waals surface area contributed by atoms with Gasteiger partial charge < -0.3 is 4.74 Å². The van der Waals surface area contributed by atoms with Crippen LogP contribution in [0.25, 0.3) is 16.6 Å². The molecule has 0 aliphatic rings. The zero-order chi connectivity index (χ0) is 19.2. The molecule has 0 saturated heterocycles. The summed E-state index contributed by atoms with van der Waals surface area (Å²) < 4.78 is 6.80. The average Bonchev–Trinajstić information content (AvgIpc) is 2.69. The summed E-state index contributed by atoms with van der Waals surface area (Å²) in [6.45, 7) is 4.14. The molecule has 0 fully saturated rings. The number of aromatic nitrogens is 2. The second-order valence-corrected chi connectivity index (χ2v) is 7.20. The molecule has 0 spiro atoms. The predicted molar refractivity (Wildman–Crippen MR) is 109 cm³/mol. The van der Waals surface area contributed by atoms with E-state index in [1.54, 1.807) is 17.6 Å². The molecular formula is C21H22N2O3S. The van der Waals surface area contributed by atoms with Gasteiger partial charge in [-0.05, 0) is 37.6 Å². The van der Waals surface area contributed by atoms with Crippen molar-refractivity contribution >= 4 is 28.6 Å². The number of nitrogens with zero attached hydrogens (tertiary/aromatic N) is 2. The summed E-state index contributed by atoms with van der Waals surface area (Å²) in [5, 5.41) is 0.642. The van der Waals surface area contributed by atoms with Gasteiger partial charge in [0.1, 0.15) is 5.25 Å². The van der Waals surface area contributed by atoms with Crippen molar-refractivity contribution < 1.29 is 9.53 Å². The Labute approximate surface area is 162 Å². The van der Waals surface area contributed by atoms with Crippen LogP contribution in [0.1, 0.15) is 26.7 Å². The standard InChI is InChI=1S/C21H22N2O3S/c1-3-10-18(20(25)26-4-2)27-21-22-17-14-9-8-13-16(17)19(24)23(21)15-11-6-5-7-12-15/h5-9,11-14,18H,3-4,10H2,1-2H3. The number of carbonyl (C=O) groups is 1. The summed E-state index contributed by atoms with van der Waals surface area (Å²) in [7, 11) is 0. The fourth-order valence-electron chi connectivity index (χ4n) is 2.85. The van der Waals surface area contributed by atoms with Gasteiger partial charge in [-0.3, -0.25) is 14.2 Å². The van der Waals surface area contributed by atoms with Crippen molar-refractivity contribution in [1.82, 2.24) is 9.55 Å². The Hall–Kier alpha value is -2.60. The number of benzene rings is 2. The molecule has 2 aromatic carbocycles. The quantitative estimate of drug-likeness (QED) is 0.348. The van der Waals surface area contributed by atoms with Crippen LogP contribution in [0.4, 0.5) is 0 Å². The van der Waals surface area contributed by atoms with E-state index < -0.39 is 5.25 Å². The molecule has 3 rings (SSSR count). The van der Waals surface area contributed by atoms with Crippen molar-refractivity contribution in [3.63, 3.8) is 0 Å². The summed E-state index contributed by atoms with van der Waals surface area (Å²) in [6, 6.07) is 16.6. The molecule has 3 aromatic rings. The second-order valence-electron chi connectivity index (χ2n) is 6.03. The molecule has 27 heavy (non-hydrogen) atoms. The summed E-state index contributed by atoms with van der Waals surface area (Å²) in [6.07, 6.45) is 1.49. The van der Waals surface area contributed by atoms with E-state index in [1.807, 2.05) is 55.5 Å². The molecule has 1 aromatic heterocycles. The Bertz CT molecular complexity index is 986. The third-order valence-electron chi connectivity index (χ3n) is 4.11. The minimum atomic E-state index is -0.405. The second kappa shape index (κ2) is 8.86. The van der Waals surface area contributed by atoms with Gasteiger partial charge in [-0.15, -0.1) is 0 Å². The fourth-order valence-corrected chi connectivity index (χ4v) is 4.06. The first kappa shape index (κ1) is 19.2. The van der Waals surface area contributed by atoms with E-state index in [0.29, 0.717) is 29.1 Å². The molecule has 0 saturated carbocycles. The maximum Gasteiger partial charge on any atom is 0.319 e. The van der Waals surface area contributed by atoms with Gasteiger partial charge in [0.15, 0.2) is 5.16 Å². The molecule has 5 nitrogen and oxygen atoms in total. The maximum absolute atomic E-state index is 13.2. The Balaban J connectivity index is 2.15. The zero-order valence-electron chi connectivity index (χ0n) is 15.4. The first-order valence-electron chi connectivity index (χ1n) is 9.06. The van der Waals surface area contributed by atoms with Crippen LogP contribution < -0.4 is 5.56 Å². The monoisotopic (exact) mass is 382 g/mol. The highest BCUT2D eigenvalue weighted by Gasteiger charge is 2.24. The number of hydrogen-bond donors (Lipinski definition) is 0. The molecular weight excluding hydrogens is 360 g/mol. The molecule has 0 bridgehead atoms. The summed E-state index contributed by atoms with van der Waals surface area (Å²) in [4.78, 5) is 30.2. The Morgan fingerprint density at radius 2 is 1.81 bits per heavy atom. The number of rotatable bonds is 7. The molecule has 1 heterocycles. The lowest BCUT2D eigenvalue weighted by Gasteiger charge is -2.18. The number of ether oxygens (including phenoxy) is 1. The van der Waals surface area contributed by atoms with E-state index >= 15 is 0 Å². The zero-order valence-corrected chi connectivity index (χ0v) is 16.2. The van der Waals surface area contributed by atoms with E-state index in [2.05, 4.69) is 0 Å². The van der Waals surface area contributed by atoms with Crippen LogP contribution in [0.15, 0.2) is 64.5 Å². The van der Waals surface area contributed by atoms with Crippen molar-refractivity contribution in [3.05, 3.63) is 65.0 Å². The van der Waals surface area contributed by atoms with Crippen LogP contribution in [0.3, 0.4) is 0 Å². The van der Waals surface area contributed by atoms with Crippen LogP contribution in [-0.2, 0) is 9.53 Å². The molecule has 1 atom stereocenters. The third-order valence-corrected chi connectivity index (χ3v) is 5.30. The third kappa shape index (κ3) is 4.22. The minimum absolute atomic E-state index is 0.145. The molecule has 0 N–H and O–H groups in total. The molecule has 6 heteroatoms. The Morgan fingerprint density at radius 3 is 2.52 bits per heavy atom. The van der Waals surface area contributed by atoms with Crippen molar-refractivity contribution in [2.75, 3.05) is 6.61 Å². The Morgan fingerprint density at radius 1 is 1.11 bits per heavy atom. The van der Waals surface area contributed by atoms with Gasteiger partial charge in [-0.25, -0.2) is 4.98 Å². The smallest absolute Gasteiger partial charge is 0.319 e. The van der Waals surface area contributed by atoms with Gasteiger partial charge in [0.2, 0.25) is 0 Å². The van der Waals surface area contributed by atoms with Crippen molar-refractivity contribution in [2.24, 2.45) is 0 Å². The van der Waals surface area contributed by atoms with Crippen LogP contribution >= 0.6 is 11.8 Å². The number of esters is 1. The van der Waals surface area contributed by atoms with Crippen molar-refractivity contribution in [2.45, 2.75) is 37.1 Å². The highest BCUT2D eigenvalue weighted by molar-refractivity contribution is 8.00. The number of hydrogen-bond acceptors (Lipinski definition) is 5. The van der Waals surface area contributed by atoms with Crippen LogP contribution in [0.2, 0.25) is 0 Å². The molecule has 140 valence electrons. The lowest BCUT2D eigenvalue weighted by molar-refractivity contribution is -0.142. The van der Waals surface area contributed by atoms with Gasteiger partial charge in [-0.2, -0.15) is 0 Å². The summed E-state index contributed by atoms with van der Waals surface area (Å²) in [5.74, 6) is -0.272. The van der Waals surface area contributed by atoms with Gasteiger partial charge in [0, 0.05) is 0 Å². The molecule has 0 aliphatic heterocycles. The first-order valence-corrected chi connectivity index (χ1v) is 9.94. The Kier molecular flexibility index (Phi) is 6.29. The number of fused-ring (bicyclic) bond motifs is 1. The van der Waals surface area contributed by atoms with Crippen molar-refractivity contribution in [1.29, 1.82) is 0 Å². The molecule has 0 aliphatic carbocycles. The normalized spacial score (nSPS) is 12.1. The fraction of sp³-hybridized carbons (Fsp3) is 0.286. The SMILES string of the molecule is CCCC(Sc1nc2ccccc2c(=O)n1-c1ccccc1)C(=O)OCC. The topological polar surface area (TPSA) is 61.2 Å². The van der Waals surface area contributed by atoms with E-state index in [9.17, 15) is 9.59 Å². The minimum Gasteiger partial charge on any atom is -0.465 e. The average molecular weight is 382 g/mol. The highest BCUT2D eigenvalue weighted by Crippen LogP contribution is 2.28. The van der Waals surface area contributed by atoms with Gasteiger partial charge in [0.05, 0.1) is 23.2 Å². The van der Waals surface area contributed by atoms with Gasteiger partial charge in [0.25, 0.3) is 5.56 Å². The first-order chi connectivity index (χ1) is 13.2. The van der Waals surface area contributed by atoms with E-state index in [-0.39, 0.29) is 11.5 Å². The highest BCUT2D eigenvalue weighted by atomic mass is 32.2. The summed E-state index contributed by atoms with van der Waals surface area (Å²) in [5.41, 5.74) is 1.20. The van der Waals surface area contributed by atoms with Gasteiger partial charge >= 0.3 is 5.97 Å². The number of para-hydroxylation sites is 2. The van der Waals surface area contributed by atoms with E-state index in [4.69, 9.17) is 9.72 Å². The molecule has 0 amide bonds. The van der Waals surface area contributed by atoms with Crippen LogP contribution in [-0.4, -0.2) is 27.4 Å². The lowest BCUT2D eigenvalue weighted by atomic mass is 10.2. The van der Waals surface area contributed by atoms with Crippen LogP contribution in [0, 0.1) is 0 Å². The van der Waals surface area contributed by atoms with Crippen molar-refractivity contribution in [3.8, 4) is 5.69 Å². The van der Waals surface area contributed by atoms with Crippen LogP contribution in [0.5, 0.6) is 0 Å². The van der Waals surface area contributed by atoms with E-state index in [1.165, 1.54) is 11.8 Å². The summed E-state index contributed by atoms with van der Waals surface area (Å²) >= 11 is 1.29. The number of carbonyl (C=O) groups excluding carboxylic acids is 1. The maximum atomic E-state index is 13.2. The number of thioether (sulfide) groups is 1. The molecule has 0 radical (unpaired) electrons. The van der Waals surface area contributed by atoms with Gasteiger partial charge in [-0.1, -0.05) is 55.4 Å². The lowest BCUT2D eigenvalue weighted by Crippen LogP contribution is -2.25. The molecule has 1 unspecified atom stereocenters. The predicted octanol–water partition coefficient (Wildman–Crippen LogP) is 4.21.